The molecule has 3 aromatic rings. The Morgan fingerprint density at radius 3 is 2.52 bits per heavy atom. The van der Waals surface area contributed by atoms with Gasteiger partial charge in [0.25, 0.3) is 0 Å². The zero-order chi connectivity index (χ0) is 14.7. The van der Waals surface area contributed by atoms with Crippen LogP contribution in [0.1, 0.15) is 18.1 Å². The predicted octanol–water partition coefficient (Wildman–Crippen LogP) is 5.06. The van der Waals surface area contributed by atoms with Gasteiger partial charge in [0.2, 0.25) is 0 Å². The minimum atomic E-state index is 0.732. The second-order valence-electron chi connectivity index (χ2n) is 5.02. The fourth-order valence-electron chi connectivity index (χ4n) is 2.37. The summed E-state index contributed by atoms with van der Waals surface area (Å²) >= 11 is 6.21. The maximum absolute atomic E-state index is 6.21. The number of aryl methyl sites for hydroxylation is 1. The van der Waals surface area contributed by atoms with Crippen LogP contribution in [-0.4, -0.2) is 4.98 Å². The quantitative estimate of drug-likeness (QED) is 0.727. The molecule has 2 aromatic carbocycles. The lowest BCUT2D eigenvalue weighted by atomic mass is 10.1. The molecule has 3 heteroatoms. The number of aromatic nitrogens is 1. The summed E-state index contributed by atoms with van der Waals surface area (Å²) in [6.45, 7) is 2.94. The Morgan fingerprint density at radius 1 is 1.00 bits per heavy atom. The molecule has 0 aliphatic carbocycles. The lowest BCUT2D eigenvalue weighted by molar-refractivity contribution is 1.11. The number of fused-ring (bicyclic) bond motifs is 1. The molecule has 0 aliphatic rings. The standard InChI is InChI=1S/C18H17ClN2/c1-2-13-5-7-14(8-6-13)12-21-17-10-9-16(19)15-4-3-11-20-18(15)17/h3-11,21H,2,12H2,1H3. The van der Waals surface area contributed by atoms with Crippen LogP contribution in [0.2, 0.25) is 5.02 Å². The van der Waals surface area contributed by atoms with Gasteiger partial charge in [-0.25, -0.2) is 0 Å². The first-order chi connectivity index (χ1) is 10.3. The molecule has 21 heavy (non-hydrogen) atoms. The molecule has 1 aromatic heterocycles. The van der Waals surface area contributed by atoms with Crippen molar-refractivity contribution in [3.8, 4) is 0 Å². The van der Waals surface area contributed by atoms with Crippen molar-refractivity contribution < 1.29 is 0 Å². The summed E-state index contributed by atoms with van der Waals surface area (Å²) in [6.07, 6.45) is 2.86. The number of anilines is 1. The molecule has 0 spiro atoms. The monoisotopic (exact) mass is 296 g/mol. The molecule has 1 N–H and O–H groups in total. The van der Waals surface area contributed by atoms with Crippen LogP contribution in [0.3, 0.4) is 0 Å². The summed E-state index contributed by atoms with van der Waals surface area (Å²) in [6, 6.07) is 16.5. The van der Waals surface area contributed by atoms with Gasteiger partial charge in [0.05, 0.1) is 16.2 Å². The lowest BCUT2D eigenvalue weighted by Crippen LogP contribution is -2.00. The van der Waals surface area contributed by atoms with E-state index in [1.807, 2.05) is 24.3 Å². The van der Waals surface area contributed by atoms with Gasteiger partial charge in [0.15, 0.2) is 0 Å². The van der Waals surface area contributed by atoms with Crippen LogP contribution >= 0.6 is 11.6 Å². The maximum atomic E-state index is 6.21. The Morgan fingerprint density at radius 2 is 1.76 bits per heavy atom. The van der Waals surface area contributed by atoms with Crippen LogP contribution in [0.5, 0.6) is 0 Å². The van der Waals surface area contributed by atoms with Gasteiger partial charge in [-0.2, -0.15) is 0 Å². The zero-order valence-electron chi connectivity index (χ0n) is 11.9. The number of nitrogens with zero attached hydrogens (tertiary/aromatic N) is 1. The summed E-state index contributed by atoms with van der Waals surface area (Å²) in [5, 5.41) is 5.16. The van der Waals surface area contributed by atoms with Crippen molar-refractivity contribution in [2.75, 3.05) is 5.32 Å². The van der Waals surface area contributed by atoms with Crippen LogP contribution < -0.4 is 5.32 Å². The highest BCUT2D eigenvalue weighted by molar-refractivity contribution is 6.35. The zero-order valence-corrected chi connectivity index (χ0v) is 12.7. The smallest absolute Gasteiger partial charge is 0.0948 e. The van der Waals surface area contributed by atoms with Crippen molar-refractivity contribution in [1.29, 1.82) is 0 Å². The largest absolute Gasteiger partial charge is 0.379 e. The van der Waals surface area contributed by atoms with Gasteiger partial charge in [-0.1, -0.05) is 42.8 Å². The van der Waals surface area contributed by atoms with Crippen molar-refractivity contribution in [1.82, 2.24) is 4.98 Å². The normalized spacial score (nSPS) is 10.8. The Labute approximate surface area is 129 Å². The van der Waals surface area contributed by atoms with E-state index in [0.29, 0.717) is 0 Å². The van der Waals surface area contributed by atoms with E-state index in [-0.39, 0.29) is 0 Å². The van der Waals surface area contributed by atoms with Gasteiger partial charge >= 0.3 is 0 Å². The summed E-state index contributed by atoms with van der Waals surface area (Å²) < 4.78 is 0. The molecule has 1 heterocycles. The highest BCUT2D eigenvalue weighted by Crippen LogP contribution is 2.28. The van der Waals surface area contributed by atoms with E-state index in [4.69, 9.17) is 11.6 Å². The summed E-state index contributed by atoms with van der Waals surface area (Å²) in [5.74, 6) is 0. The van der Waals surface area contributed by atoms with E-state index in [1.165, 1.54) is 11.1 Å². The predicted molar refractivity (Wildman–Crippen MR) is 89.9 cm³/mol. The minimum absolute atomic E-state index is 0.732. The molecule has 106 valence electrons. The van der Waals surface area contributed by atoms with Crippen LogP contribution in [-0.2, 0) is 13.0 Å². The van der Waals surface area contributed by atoms with Crippen molar-refractivity contribution in [2.24, 2.45) is 0 Å². The molecule has 0 fully saturated rings. The molecule has 0 saturated heterocycles. The van der Waals surface area contributed by atoms with Gasteiger partial charge < -0.3 is 5.32 Å². The highest BCUT2D eigenvalue weighted by atomic mass is 35.5. The number of nitrogens with one attached hydrogen (secondary N) is 1. The van der Waals surface area contributed by atoms with Crippen molar-refractivity contribution in [3.63, 3.8) is 0 Å². The van der Waals surface area contributed by atoms with Gasteiger partial charge in [0.1, 0.15) is 0 Å². The minimum Gasteiger partial charge on any atom is -0.379 e. The van der Waals surface area contributed by atoms with Gasteiger partial charge in [-0.15, -0.1) is 0 Å². The molecule has 0 atom stereocenters. The Balaban J connectivity index is 1.83. The third-order valence-corrected chi connectivity index (χ3v) is 3.96. The van der Waals surface area contributed by atoms with Crippen molar-refractivity contribution in [2.45, 2.75) is 19.9 Å². The fraction of sp³-hybridized carbons (Fsp3) is 0.167. The van der Waals surface area contributed by atoms with Crippen molar-refractivity contribution >= 4 is 28.2 Å². The molecule has 0 bridgehead atoms. The van der Waals surface area contributed by atoms with Crippen LogP contribution in [0.15, 0.2) is 54.7 Å². The molecular formula is C18H17ClN2. The van der Waals surface area contributed by atoms with Crippen molar-refractivity contribution in [3.05, 3.63) is 70.9 Å². The first kappa shape index (κ1) is 13.9. The number of rotatable bonds is 4. The average molecular weight is 297 g/mol. The van der Waals surface area contributed by atoms with Crippen LogP contribution in [0, 0.1) is 0 Å². The maximum Gasteiger partial charge on any atom is 0.0948 e. The Bertz CT molecular complexity index is 751. The summed E-state index contributed by atoms with van der Waals surface area (Å²) in [4.78, 5) is 4.43. The lowest BCUT2D eigenvalue weighted by Gasteiger charge is -2.10. The molecular weight excluding hydrogens is 280 g/mol. The molecule has 0 radical (unpaired) electrons. The number of benzene rings is 2. The second kappa shape index (κ2) is 6.15. The van der Waals surface area contributed by atoms with Gasteiger partial charge in [-0.3, -0.25) is 4.98 Å². The number of halogens is 1. The number of pyridine rings is 1. The van der Waals surface area contributed by atoms with E-state index < -0.39 is 0 Å². The number of hydrogen-bond donors (Lipinski definition) is 1. The SMILES string of the molecule is CCc1ccc(CNc2ccc(Cl)c3cccnc23)cc1. The fourth-order valence-corrected chi connectivity index (χ4v) is 2.59. The van der Waals surface area contributed by atoms with E-state index in [1.54, 1.807) is 6.20 Å². The van der Waals surface area contributed by atoms with E-state index in [2.05, 4.69) is 41.5 Å². The molecule has 2 nitrogen and oxygen atoms in total. The molecule has 0 aliphatic heterocycles. The van der Waals surface area contributed by atoms with E-state index in [0.717, 1.165) is 34.6 Å². The molecule has 0 unspecified atom stereocenters. The first-order valence-electron chi connectivity index (χ1n) is 7.13. The molecule has 0 amide bonds. The molecule has 3 rings (SSSR count). The summed E-state index contributed by atoms with van der Waals surface area (Å²) in [7, 11) is 0. The van der Waals surface area contributed by atoms with Crippen LogP contribution in [0.25, 0.3) is 10.9 Å². The topological polar surface area (TPSA) is 24.9 Å². The third kappa shape index (κ3) is 3.01. The first-order valence-corrected chi connectivity index (χ1v) is 7.50. The highest BCUT2D eigenvalue weighted by Gasteiger charge is 2.05. The second-order valence-corrected chi connectivity index (χ2v) is 5.43. The van der Waals surface area contributed by atoms with Gasteiger partial charge in [-0.05, 0) is 41.8 Å². The Kier molecular flexibility index (Phi) is 4.07. The van der Waals surface area contributed by atoms with Gasteiger partial charge in [0, 0.05) is 18.1 Å². The molecule has 0 saturated carbocycles. The van der Waals surface area contributed by atoms with E-state index >= 15 is 0 Å². The average Bonchev–Trinajstić information content (AvgIpc) is 2.55. The third-order valence-electron chi connectivity index (χ3n) is 3.63. The summed E-state index contributed by atoms with van der Waals surface area (Å²) in [5.41, 5.74) is 4.54. The Hall–Kier alpha value is -2.06. The van der Waals surface area contributed by atoms with Crippen LogP contribution in [0.4, 0.5) is 5.69 Å². The number of hydrogen-bond acceptors (Lipinski definition) is 2. The van der Waals surface area contributed by atoms with E-state index in [9.17, 15) is 0 Å².